The van der Waals surface area contributed by atoms with Gasteiger partial charge in [0.25, 0.3) is 0 Å². The van der Waals surface area contributed by atoms with E-state index in [1.54, 1.807) is 13.0 Å². The van der Waals surface area contributed by atoms with Crippen LogP contribution in [0.4, 0.5) is 9.18 Å². The summed E-state index contributed by atoms with van der Waals surface area (Å²) < 4.78 is 20.3. The number of para-hydroxylation sites is 1. The van der Waals surface area contributed by atoms with Crippen LogP contribution in [0.5, 0.6) is 11.5 Å². The number of aromatic carboxylic acids is 1. The number of aromatic nitrogens is 1. The number of carboxylic acid groups (broad SMARTS) is 1. The molecule has 13 nitrogen and oxygen atoms in total. The third-order valence-corrected chi connectivity index (χ3v) is 6.85. The monoisotopic (exact) mass is 556 g/mol. The number of benzene rings is 1. The van der Waals surface area contributed by atoms with Gasteiger partial charge < -0.3 is 30.1 Å². The second-order valence-corrected chi connectivity index (χ2v) is 9.55. The van der Waals surface area contributed by atoms with Crippen LogP contribution < -0.4 is 9.97 Å². The van der Waals surface area contributed by atoms with Crippen molar-refractivity contribution in [2.45, 2.75) is 44.6 Å². The molecule has 1 aromatic carbocycles. The lowest BCUT2D eigenvalue weighted by molar-refractivity contribution is -0.155. The Labute approximate surface area is 227 Å². The van der Waals surface area contributed by atoms with E-state index in [0.29, 0.717) is 16.5 Å². The summed E-state index contributed by atoms with van der Waals surface area (Å²) in [5.41, 5.74) is -0.308. The Kier molecular flexibility index (Phi) is 8.04. The van der Waals surface area contributed by atoms with Gasteiger partial charge in [0.1, 0.15) is 23.2 Å². The minimum Gasteiger partial charge on any atom is -0.535 e. The van der Waals surface area contributed by atoms with Gasteiger partial charge in [-0.25, -0.2) is 14.0 Å². The molecule has 2 aliphatic heterocycles. The third kappa shape index (κ3) is 5.45. The molecule has 1 fully saturated rings. The number of nitrogens with zero attached hydrogens (tertiary/aromatic N) is 3. The summed E-state index contributed by atoms with van der Waals surface area (Å²) in [6.07, 6.45) is 0.416. The average molecular weight is 556 g/mol. The Morgan fingerprint density at radius 3 is 2.65 bits per heavy atom. The highest BCUT2D eigenvalue weighted by Gasteiger charge is 2.43. The number of fused-ring (bicyclic) bond motifs is 1. The molecule has 40 heavy (non-hydrogen) atoms. The Hall–Kier alpha value is -4.53. The van der Waals surface area contributed by atoms with Gasteiger partial charge in [0.2, 0.25) is 0 Å². The van der Waals surface area contributed by atoms with Gasteiger partial charge in [-0.05, 0) is 31.9 Å². The summed E-state index contributed by atoms with van der Waals surface area (Å²) in [5.74, 6) is -6.73. The summed E-state index contributed by atoms with van der Waals surface area (Å²) in [6.45, 7) is 3.51. The minimum atomic E-state index is -1.77. The van der Waals surface area contributed by atoms with Crippen LogP contribution in [0.15, 0.2) is 30.5 Å². The standard InChI is InChI=1S/C25H26BFN4O9/c1-3-30-11-12(2)31(23(35)22(30)34)25(38)29-20(19-17(27)9-15(32)10-28-19)18(33)8-14-7-13-5-4-6-16(24(36)37)21(13)40-26(14)39/h4-6,9-10,12,14,20,32,39H,3,7-8,11H2,1-2H3,(H,29,38)(H,36,37)/t12-,14+,20?/m0/s1. The lowest BCUT2D eigenvalue weighted by atomic mass is 9.64. The Morgan fingerprint density at radius 2 is 2.00 bits per heavy atom. The molecule has 0 spiro atoms. The van der Waals surface area contributed by atoms with Crippen molar-refractivity contribution in [1.29, 1.82) is 0 Å². The summed E-state index contributed by atoms with van der Waals surface area (Å²) >= 11 is 0. The van der Waals surface area contributed by atoms with E-state index in [1.165, 1.54) is 24.0 Å². The number of pyridine rings is 1. The van der Waals surface area contributed by atoms with Crippen LogP contribution in [0.3, 0.4) is 0 Å². The molecule has 0 radical (unpaired) electrons. The molecule has 0 saturated carbocycles. The van der Waals surface area contributed by atoms with Gasteiger partial charge in [-0.3, -0.25) is 24.3 Å². The van der Waals surface area contributed by atoms with Crippen molar-refractivity contribution in [3.05, 3.63) is 53.1 Å². The number of amides is 4. The van der Waals surface area contributed by atoms with E-state index >= 15 is 0 Å². The maximum absolute atomic E-state index is 14.8. The Balaban J connectivity index is 1.60. The number of Topliss-reactive ketones (excluding diaryl/α,β-unsaturated/α-hetero) is 1. The minimum absolute atomic E-state index is 0.0263. The highest BCUT2D eigenvalue weighted by Crippen LogP contribution is 2.37. The zero-order valence-electron chi connectivity index (χ0n) is 21.5. The molecule has 2 aromatic rings. The van der Waals surface area contributed by atoms with E-state index in [-0.39, 0.29) is 30.8 Å². The number of carbonyl (C=O) groups is 5. The van der Waals surface area contributed by atoms with E-state index in [1.807, 2.05) is 0 Å². The topological polar surface area (TPSA) is 187 Å². The first-order valence-corrected chi connectivity index (χ1v) is 12.4. The van der Waals surface area contributed by atoms with Crippen LogP contribution in [0.2, 0.25) is 5.82 Å². The molecule has 2 aliphatic rings. The Morgan fingerprint density at radius 1 is 1.27 bits per heavy atom. The number of hydrogen-bond donors (Lipinski definition) is 4. The van der Waals surface area contributed by atoms with Crippen LogP contribution in [-0.2, 0) is 20.8 Å². The van der Waals surface area contributed by atoms with Crippen LogP contribution in [0.25, 0.3) is 0 Å². The zero-order chi connectivity index (χ0) is 29.3. The van der Waals surface area contributed by atoms with Gasteiger partial charge in [0.05, 0.1) is 17.8 Å². The van der Waals surface area contributed by atoms with E-state index in [0.717, 1.165) is 6.20 Å². The van der Waals surface area contributed by atoms with Crippen molar-refractivity contribution < 1.29 is 48.3 Å². The van der Waals surface area contributed by atoms with Gasteiger partial charge in [-0.15, -0.1) is 0 Å². The fraction of sp³-hybridized carbons (Fsp3) is 0.360. The largest absolute Gasteiger partial charge is 0.535 e. The second-order valence-electron chi connectivity index (χ2n) is 9.55. The Bertz CT molecular complexity index is 1390. The molecule has 4 N–H and O–H groups in total. The number of imide groups is 1. The number of ketones is 1. The lowest BCUT2D eigenvalue weighted by Crippen LogP contribution is -2.62. The van der Waals surface area contributed by atoms with E-state index in [4.69, 9.17) is 4.65 Å². The maximum Gasteiger partial charge on any atom is 0.526 e. The van der Waals surface area contributed by atoms with Crippen molar-refractivity contribution in [2.24, 2.45) is 0 Å². The molecule has 1 saturated heterocycles. The predicted octanol–water partition coefficient (Wildman–Crippen LogP) is 0.899. The summed E-state index contributed by atoms with van der Waals surface area (Å²) in [4.78, 5) is 68.9. The van der Waals surface area contributed by atoms with Crippen LogP contribution in [0.1, 0.15) is 47.9 Å². The predicted molar refractivity (Wildman–Crippen MR) is 135 cm³/mol. The molecule has 1 aromatic heterocycles. The first-order valence-electron chi connectivity index (χ1n) is 12.4. The summed E-state index contributed by atoms with van der Waals surface area (Å²) in [6, 6.07) is 1.39. The number of carboxylic acids is 1. The SMILES string of the molecule is CCN1C[C@H](C)N(C(=O)NC(C(=O)C[C@H]2Cc3cccc(C(=O)O)c3OB2O)c2ncc(O)cc2F)C(=O)C1=O. The maximum atomic E-state index is 14.8. The molecule has 0 aliphatic carbocycles. The van der Waals surface area contributed by atoms with Crippen molar-refractivity contribution in [2.75, 3.05) is 13.1 Å². The number of halogens is 1. The van der Waals surface area contributed by atoms with Crippen LogP contribution >= 0.6 is 0 Å². The molecule has 15 heteroatoms. The number of hydrogen-bond acceptors (Lipinski definition) is 9. The van der Waals surface area contributed by atoms with Crippen molar-refractivity contribution in [1.82, 2.24) is 20.1 Å². The molecule has 210 valence electrons. The molecular weight excluding hydrogens is 530 g/mol. The smallest absolute Gasteiger partial charge is 0.526 e. The van der Waals surface area contributed by atoms with Gasteiger partial charge in [0, 0.05) is 31.4 Å². The van der Waals surface area contributed by atoms with Crippen molar-refractivity contribution in [3.63, 3.8) is 0 Å². The second kappa shape index (κ2) is 11.3. The summed E-state index contributed by atoms with van der Waals surface area (Å²) in [5, 5.41) is 31.8. The van der Waals surface area contributed by atoms with Crippen LogP contribution in [-0.4, -0.2) is 85.9 Å². The highest BCUT2D eigenvalue weighted by molar-refractivity contribution is 6.47. The fourth-order valence-electron chi connectivity index (χ4n) is 4.83. The first kappa shape index (κ1) is 28.5. The third-order valence-electron chi connectivity index (χ3n) is 6.85. The van der Waals surface area contributed by atoms with Gasteiger partial charge >= 0.3 is 30.9 Å². The number of likely N-dealkylation sites (N-methyl/N-ethyl adjacent to an activating group) is 1. The van der Waals surface area contributed by atoms with Crippen molar-refractivity contribution >= 4 is 36.7 Å². The molecule has 4 amide bonds. The van der Waals surface area contributed by atoms with Gasteiger partial charge in [0.15, 0.2) is 11.6 Å². The van der Waals surface area contributed by atoms with Gasteiger partial charge in [-0.2, -0.15) is 0 Å². The number of aromatic hydroxyl groups is 1. The molecule has 3 atom stereocenters. The number of urea groups is 1. The highest BCUT2D eigenvalue weighted by atomic mass is 19.1. The first-order chi connectivity index (χ1) is 18.9. The quantitative estimate of drug-likeness (QED) is 0.282. The number of piperazine rings is 1. The van der Waals surface area contributed by atoms with Crippen LogP contribution in [0, 0.1) is 5.82 Å². The number of carbonyl (C=O) groups excluding carboxylic acids is 4. The number of nitrogens with one attached hydrogen (secondary N) is 1. The van der Waals surface area contributed by atoms with E-state index in [9.17, 15) is 43.6 Å². The van der Waals surface area contributed by atoms with Crippen molar-refractivity contribution in [3.8, 4) is 11.5 Å². The lowest BCUT2D eigenvalue weighted by Gasteiger charge is -2.37. The average Bonchev–Trinajstić information content (AvgIpc) is 2.89. The molecule has 3 heterocycles. The molecular formula is C25H26BFN4O9. The van der Waals surface area contributed by atoms with E-state index in [2.05, 4.69) is 10.3 Å². The zero-order valence-corrected chi connectivity index (χ0v) is 21.5. The normalized spacial score (nSPS) is 19.6. The van der Waals surface area contributed by atoms with Gasteiger partial charge in [-0.1, -0.05) is 12.1 Å². The fourth-order valence-corrected chi connectivity index (χ4v) is 4.83. The molecule has 4 rings (SSSR count). The van der Waals surface area contributed by atoms with E-state index < -0.39 is 78.3 Å². The summed E-state index contributed by atoms with van der Waals surface area (Å²) in [7, 11) is -1.60. The molecule has 1 unspecified atom stereocenters. The number of rotatable bonds is 7. The molecule has 0 bridgehead atoms.